The smallest absolute Gasteiger partial charge is 0.294 e. The number of nitrogens with two attached hydrogens (primary N) is 1. The van der Waals surface area contributed by atoms with Crippen molar-refractivity contribution in [2.75, 3.05) is 12.3 Å². The highest BCUT2D eigenvalue weighted by Gasteiger charge is 2.40. The zero-order valence-corrected chi connectivity index (χ0v) is 18.8. The molecule has 4 N–H and O–H groups in total. The van der Waals surface area contributed by atoms with Crippen molar-refractivity contribution in [1.82, 2.24) is 19.9 Å². The van der Waals surface area contributed by atoms with Crippen LogP contribution in [0.3, 0.4) is 0 Å². The lowest BCUT2D eigenvalue weighted by molar-refractivity contribution is -0.106. The predicted octanol–water partition coefficient (Wildman–Crippen LogP) is 4.32. The summed E-state index contributed by atoms with van der Waals surface area (Å²) in [5.74, 6) is -7.39. The molecule has 1 amide bonds. The van der Waals surface area contributed by atoms with Crippen LogP contribution in [0, 0.1) is 18.6 Å². The number of aromatic nitrogens is 3. The number of hydrogen-bond donors (Lipinski definition) is 3. The molecule has 0 aliphatic heterocycles. The number of pyridine rings is 1. The van der Waals surface area contributed by atoms with E-state index in [1.165, 1.54) is 47.1 Å². The molecule has 182 valence electrons. The molecule has 2 aromatic carbocycles. The minimum atomic E-state index is -3.77. The van der Waals surface area contributed by atoms with Crippen LogP contribution in [0.1, 0.15) is 27.6 Å². The summed E-state index contributed by atoms with van der Waals surface area (Å²) < 4.78 is 59.9. The molecule has 12 heteroatoms. The zero-order chi connectivity index (χ0) is 25.5. The minimum absolute atomic E-state index is 0.0282. The molecule has 0 radical (unpaired) electrons. The molecule has 0 bridgehead atoms. The molecule has 35 heavy (non-hydrogen) atoms. The number of carbonyl (C=O) groups is 1. The molecule has 0 aliphatic carbocycles. The van der Waals surface area contributed by atoms with E-state index in [0.717, 1.165) is 13.0 Å². The molecule has 0 saturated carbocycles. The summed E-state index contributed by atoms with van der Waals surface area (Å²) in [7, 11) is 0. The van der Waals surface area contributed by atoms with Crippen molar-refractivity contribution in [2.24, 2.45) is 0 Å². The lowest BCUT2D eigenvalue weighted by Gasteiger charge is -2.23. The highest BCUT2D eigenvalue weighted by Crippen LogP contribution is 2.32. The molecular weight excluding hydrogens is 490 g/mol. The first kappa shape index (κ1) is 24.4. The number of nitrogens with one attached hydrogen (secondary N) is 1. The van der Waals surface area contributed by atoms with E-state index in [1.54, 1.807) is 0 Å². The number of amides is 1. The first-order chi connectivity index (χ1) is 16.5. The lowest BCUT2D eigenvalue weighted by atomic mass is 9.98. The Bertz CT molecular complexity index is 1430. The van der Waals surface area contributed by atoms with Gasteiger partial charge in [0, 0.05) is 27.9 Å². The summed E-state index contributed by atoms with van der Waals surface area (Å²) in [6.45, 7) is -0.103. The molecular formula is C23H18ClF4N5O2. The van der Waals surface area contributed by atoms with E-state index in [-0.39, 0.29) is 39.4 Å². The van der Waals surface area contributed by atoms with E-state index in [9.17, 15) is 27.5 Å². The van der Waals surface area contributed by atoms with Gasteiger partial charge in [0.1, 0.15) is 6.10 Å². The summed E-state index contributed by atoms with van der Waals surface area (Å²) in [6, 6.07) is 8.99. The molecule has 0 aliphatic rings. The van der Waals surface area contributed by atoms with Gasteiger partial charge in [-0.05, 0) is 48.4 Å². The number of nitrogen functional groups attached to an aromatic ring is 1. The molecule has 0 saturated heterocycles. The number of alkyl halides is 2. The van der Waals surface area contributed by atoms with Crippen LogP contribution in [0.15, 0.2) is 48.7 Å². The van der Waals surface area contributed by atoms with Gasteiger partial charge in [-0.3, -0.25) is 4.79 Å². The zero-order valence-electron chi connectivity index (χ0n) is 18.1. The van der Waals surface area contributed by atoms with Gasteiger partial charge in [0.05, 0.1) is 6.54 Å². The van der Waals surface area contributed by atoms with Crippen LogP contribution < -0.4 is 11.1 Å². The summed E-state index contributed by atoms with van der Waals surface area (Å²) in [6.07, 6.45) is -0.812. The SMILES string of the molecule is Cc1c(C(=O)NCC(F)(F)C(O)c2ccc(Cl)cc2)cc(-c2ccn3nc(N)nc3c2)c(F)c1F. The molecule has 0 fully saturated rings. The number of fused-ring (bicyclic) bond motifs is 1. The van der Waals surface area contributed by atoms with Crippen LogP contribution >= 0.6 is 11.6 Å². The van der Waals surface area contributed by atoms with Crippen molar-refractivity contribution in [3.8, 4) is 11.1 Å². The average molecular weight is 508 g/mol. The van der Waals surface area contributed by atoms with Crippen LogP contribution in [0.2, 0.25) is 5.02 Å². The molecule has 4 rings (SSSR count). The Morgan fingerprint density at radius 1 is 1.20 bits per heavy atom. The number of anilines is 1. The van der Waals surface area contributed by atoms with Crippen molar-refractivity contribution in [2.45, 2.75) is 19.0 Å². The van der Waals surface area contributed by atoms with Crippen molar-refractivity contribution in [1.29, 1.82) is 0 Å². The third kappa shape index (κ3) is 4.77. The molecule has 1 unspecified atom stereocenters. The topological polar surface area (TPSA) is 106 Å². The van der Waals surface area contributed by atoms with Gasteiger partial charge in [-0.1, -0.05) is 23.7 Å². The van der Waals surface area contributed by atoms with Crippen LogP contribution in [0.25, 0.3) is 16.8 Å². The third-order valence-corrected chi connectivity index (χ3v) is 5.68. The van der Waals surface area contributed by atoms with Gasteiger partial charge in [0.25, 0.3) is 11.8 Å². The second-order valence-corrected chi connectivity index (χ2v) is 8.25. The standard InChI is InChI=1S/C23H18ClF4N5O2/c1-11-15(21(35)30-10-23(27,28)20(34)12-2-4-14(24)5-3-12)9-16(19(26)18(11)25)13-6-7-33-17(8-13)31-22(29)32-33/h2-9,20,34H,10H2,1H3,(H2,29,32)(H,30,35). The third-order valence-electron chi connectivity index (χ3n) is 5.43. The minimum Gasteiger partial charge on any atom is -0.382 e. The Morgan fingerprint density at radius 3 is 2.57 bits per heavy atom. The lowest BCUT2D eigenvalue weighted by Crippen LogP contribution is -2.41. The molecule has 7 nitrogen and oxygen atoms in total. The Kier molecular flexibility index (Phi) is 6.39. The van der Waals surface area contributed by atoms with Crippen molar-refractivity contribution in [3.05, 3.63) is 82.0 Å². The van der Waals surface area contributed by atoms with E-state index in [1.807, 2.05) is 5.32 Å². The van der Waals surface area contributed by atoms with Crippen molar-refractivity contribution < 1.29 is 27.5 Å². The Balaban J connectivity index is 1.60. The molecule has 2 aromatic heterocycles. The Labute approximate surface area is 201 Å². The number of aliphatic hydroxyl groups is 1. The maximum Gasteiger partial charge on any atom is 0.294 e. The van der Waals surface area contributed by atoms with Crippen molar-refractivity contribution >= 4 is 29.1 Å². The van der Waals surface area contributed by atoms with Crippen molar-refractivity contribution in [3.63, 3.8) is 0 Å². The van der Waals surface area contributed by atoms with E-state index in [2.05, 4.69) is 10.1 Å². The summed E-state index contributed by atoms with van der Waals surface area (Å²) in [5, 5.41) is 16.2. The Morgan fingerprint density at radius 2 is 1.89 bits per heavy atom. The van der Waals surface area contributed by atoms with Gasteiger partial charge in [-0.15, -0.1) is 5.10 Å². The number of nitrogens with zero attached hydrogens (tertiary/aromatic N) is 3. The van der Waals surface area contributed by atoms with Crippen LogP contribution in [0.5, 0.6) is 0 Å². The van der Waals surface area contributed by atoms with E-state index in [0.29, 0.717) is 5.02 Å². The largest absolute Gasteiger partial charge is 0.382 e. The Hall–Kier alpha value is -3.70. The average Bonchev–Trinajstić information content (AvgIpc) is 3.20. The first-order valence-electron chi connectivity index (χ1n) is 10.2. The first-order valence-corrected chi connectivity index (χ1v) is 10.6. The monoisotopic (exact) mass is 507 g/mol. The summed E-state index contributed by atoms with van der Waals surface area (Å²) in [4.78, 5) is 16.7. The number of aliphatic hydroxyl groups excluding tert-OH is 1. The molecule has 2 heterocycles. The molecule has 1 atom stereocenters. The van der Waals surface area contributed by atoms with Crippen LogP contribution in [0.4, 0.5) is 23.5 Å². The fraction of sp³-hybridized carbons (Fsp3) is 0.174. The highest BCUT2D eigenvalue weighted by atomic mass is 35.5. The second-order valence-electron chi connectivity index (χ2n) is 7.81. The number of halogens is 5. The fourth-order valence-corrected chi connectivity index (χ4v) is 3.63. The van der Waals surface area contributed by atoms with Gasteiger partial charge in [-0.25, -0.2) is 22.1 Å². The van der Waals surface area contributed by atoms with Gasteiger partial charge >= 0.3 is 0 Å². The van der Waals surface area contributed by atoms with Gasteiger partial charge in [0.2, 0.25) is 5.95 Å². The highest BCUT2D eigenvalue weighted by molar-refractivity contribution is 6.30. The van der Waals surface area contributed by atoms with E-state index in [4.69, 9.17) is 17.3 Å². The van der Waals surface area contributed by atoms with E-state index < -0.39 is 36.1 Å². The second kappa shape index (κ2) is 9.16. The fourth-order valence-electron chi connectivity index (χ4n) is 3.51. The van der Waals surface area contributed by atoms with Gasteiger partial charge < -0.3 is 16.2 Å². The van der Waals surface area contributed by atoms with Gasteiger partial charge in [-0.2, -0.15) is 4.98 Å². The quantitative estimate of drug-likeness (QED) is 0.337. The number of rotatable bonds is 6. The van der Waals surface area contributed by atoms with E-state index >= 15 is 0 Å². The maximum atomic E-state index is 14.8. The van der Waals surface area contributed by atoms with Gasteiger partial charge in [0.15, 0.2) is 17.3 Å². The molecule has 4 aromatic rings. The predicted molar refractivity (Wildman–Crippen MR) is 121 cm³/mol. The summed E-state index contributed by atoms with van der Waals surface area (Å²) in [5.41, 5.74) is 4.85. The van der Waals surface area contributed by atoms with Crippen LogP contribution in [-0.4, -0.2) is 38.1 Å². The maximum absolute atomic E-state index is 14.8. The number of benzene rings is 2. The summed E-state index contributed by atoms with van der Waals surface area (Å²) >= 11 is 5.73. The van der Waals surface area contributed by atoms with Crippen LogP contribution in [-0.2, 0) is 0 Å². The normalized spacial score (nSPS) is 12.7. The number of hydrogen-bond acceptors (Lipinski definition) is 5. The number of carbonyl (C=O) groups excluding carboxylic acids is 1. The molecule has 0 spiro atoms.